The summed E-state index contributed by atoms with van der Waals surface area (Å²) in [4.78, 5) is 0. The second-order valence-corrected chi connectivity index (χ2v) is 6.50. The van der Waals surface area contributed by atoms with Gasteiger partial charge in [0, 0.05) is 18.8 Å². The van der Waals surface area contributed by atoms with Gasteiger partial charge in [-0.2, -0.15) is 0 Å². The Bertz CT molecular complexity index is 152. The molecule has 0 bridgehead atoms. The molecule has 1 aliphatic carbocycles. The van der Waals surface area contributed by atoms with Crippen LogP contribution in [-0.2, 0) is 8.85 Å². The summed E-state index contributed by atoms with van der Waals surface area (Å²) in [6.07, 6.45) is 7.00. The predicted molar refractivity (Wildman–Crippen MR) is 65.0 cm³/mol. The van der Waals surface area contributed by atoms with Gasteiger partial charge in [-0.3, -0.25) is 0 Å². The van der Waals surface area contributed by atoms with E-state index in [9.17, 15) is 0 Å². The molecule has 0 spiro atoms. The van der Waals surface area contributed by atoms with Crippen LogP contribution in [0.4, 0.5) is 0 Å². The van der Waals surface area contributed by atoms with E-state index in [0.717, 1.165) is 19.1 Å². The average molecular weight is 229 g/mol. The third-order valence-electron chi connectivity index (χ3n) is 3.30. The molecule has 1 radical (unpaired) electrons. The molecular weight excluding hydrogens is 204 g/mol. The van der Waals surface area contributed by atoms with Gasteiger partial charge in [-0.25, -0.2) is 0 Å². The van der Waals surface area contributed by atoms with Crippen LogP contribution in [0.3, 0.4) is 0 Å². The minimum absolute atomic E-state index is 0.648. The minimum Gasteiger partial charge on any atom is -0.393 e. The monoisotopic (exact) mass is 229 g/mol. The van der Waals surface area contributed by atoms with Crippen molar-refractivity contribution < 1.29 is 8.85 Å². The summed E-state index contributed by atoms with van der Waals surface area (Å²) in [6.45, 7) is 8.06. The van der Waals surface area contributed by atoms with E-state index in [1.54, 1.807) is 0 Å². The van der Waals surface area contributed by atoms with E-state index in [1.165, 1.54) is 32.1 Å². The second kappa shape index (κ2) is 7.42. The highest BCUT2D eigenvalue weighted by Gasteiger charge is 2.31. The molecule has 0 heterocycles. The van der Waals surface area contributed by atoms with Gasteiger partial charge < -0.3 is 8.85 Å². The maximum absolute atomic E-state index is 5.78. The first-order valence-electron chi connectivity index (χ1n) is 6.42. The van der Waals surface area contributed by atoms with Crippen LogP contribution in [0.25, 0.3) is 0 Å². The zero-order valence-electron chi connectivity index (χ0n) is 10.4. The van der Waals surface area contributed by atoms with Gasteiger partial charge in [-0.1, -0.05) is 39.0 Å². The van der Waals surface area contributed by atoms with Gasteiger partial charge >= 0.3 is 9.28 Å². The lowest BCUT2D eigenvalue weighted by Crippen LogP contribution is -2.32. The summed E-state index contributed by atoms with van der Waals surface area (Å²) < 4.78 is 11.6. The summed E-state index contributed by atoms with van der Waals surface area (Å²) in [6, 6.07) is 0. The van der Waals surface area contributed by atoms with Gasteiger partial charge in [0.25, 0.3) is 0 Å². The Hall–Kier alpha value is 0.137. The molecule has 0 N–H and O–H groups in total. The molecule has 1 fully saturated rings. The summed E-state index contributed by atoms with van der Waals surface area (Å²) in [5.74, 6) is 0.853. The lowest BCUT2D eigenvalue weighted by molar-refractivity contribution is 0.188. The van der Waals surface area contributed by atoms with Gasteiger partial charge in [-0.05, 0) is 19.8 Å². The Morgan fingerprint density at radius 1 is 1.07 bits per heavy atom. The Morgan fingerprint density at radius 3 is 2.07 bits per heavy atom. The Balaban J connectivity index is 2.41. The van der Waals surface area contributed by atoms with E-state index in [2.05, 4.69) is 20.8 Å². The molecule has 2 nitrogen and oxygen atoms in total. The highest BCUT2D eigenvalue weighted by molar-refractivity contribution is 6.46. The molecule has 0 aliphatic heterocycles. The maximum atomic E-state index is 5.78. The van der Waals surface area contributed by atoms with E-state index in [1.807, 2.05) is 0 Å². The first-order chi connectivity index (χ1) is 7.29. The summed E-state index contributed by atoms with van der Waals surface area (Å²) in [5.41, 5.74) is 0.648. The quantitative estimate of drug-likeness (QED) is 0.649. The smallest absolute Gasteiger partial charge is 0.388 e. The van der Waals surface area contributed by atoms with Crippen LogP contribution in [0, 0.1) is 5.92 Å². The van der Waals surface area contributed by atoms with E-state index >= 15 is 0 Å². The molecule has 0 amide bonds. The Labute approximate surface area is 96.2 Å². The molecule has 15 heavy (non-hydrogen) atoms. The molecule has 1 rings (SSSR count). The standard InChI is InChI=1S/C12H25O2Si/c1-4-13-15(14-5-2)11(3)12-9-7-6-8-10-12/h11-12H,4-10H2,1-3H3. The molecule has 0 aromatic heterocycles. The molecule has 3 heteroatoms. The summed E-state index contributed by atoms with van der Waals surface area (Å²) in [7, 11) is -1.02. The number of rotatable bonds is 6. The van der Waals surface area contributed by atoms with Gasteiger partial charge in [0.05, 0.1) is 0 Å². The Kier molecular flexibility index (Phi) is 6.53. The summed E-state index contributed by atoms with van der Waals surface area (Å²) >= 11 is 0. The van der Waals surface area contributed by atoms with Crippen molar-refractivity contribution in [2.45, 2.75) is 58.4 Å². The fourth-order valence-electron chi connectivity index (χ4n) is 2.42. The third kappa shape index (κ3) is 4.25. The van der Waals surface area contributed by atoms with Crippen molar-refractivity contribution in [1.29, 1.82) is 0 Å². The SMILES string of the molecule is CCO[Si](OCC)C(C)C1CCCCC1. The van der Waals surface area contributed by atoms with Crippen LogP contribution in [-0.4, -0.2) is 22.5 Å². The van der Waals surface area contributed by atoms with Crippen LogP contribution >= 0.6 is 0 Å². The molecular formula is C12H25O2Si. The zero-order valence-corrected chi connectivity index (χ0v) is 11.4. The van der Waals surface area contributed by atoms with Crippen molar-refractivity contribution in [3.8, 4) is 0 Å². The van der Waals surface area contributed by atoms with Crippen LogP contribution in [0.5, 0.6) is 0 Å². The fourth-order valence-corrected chi connectivity index (χ4v) is 4.31. The maximum Gasteiger partial charge on any atom is 0.388 e. The van der Waals surface area contributed by atoms with Crippen LogP contribution in [0.1, 0.15) is 52.9 Å². The van der Waals surface area contributed by atoms with Crippen LogP contribution < -0.4 is 0 Å². The minimum atomic E-state index is -1.02. The van der Waals surface area contributed by atoms with Crippen molar-refractivity contribution in [3.63, 3.8) is 0 Å². The van der Waals surface area contributed by atoms with Gasteiger partial charge in [0.15, 0.2) is 0 Å². The summed E-state index contributed by atoms with van der Waals surface area (Å²) in [5, 5.41) is 0. The van der Waals surface area contributed by atoms with E-state index < -0.39 is 9.28 Å². The molecule has 89 valence electrons. The number of hydrogen-bond donors (Lipinski definition) is 0. The van der Waals surface area contributed by atoms with Crippen molar-refractivity contribution in [2.75, 3.05) is 13.2 Å². The molecule has 0 saturated heterocycles. The first-order valence-corrected chi connectivity index (χ1v) is 7.81. The van der Waals surface area contributed by atoms with E-state index in [0.29, 0.717) is 5.54 Å². The Morgan fingerprint density at radius 2 is 1.60 bits per heavy atom. The molecule has 1 saturated carbocycles. The molecule has 0 aromatic rings. The number of hydrogen-bond acceptors (Lipinski definition) is 2. The van der Waals surface area contributed by atoms with Crippen LogP contribution in [0.15, 0.2) is 0 Å². The van der Waals surface area contributed by atoms with Crippen LogP contribution in [0.2, 0.25) is 5.54 Å². The van der Waals surface area contributed by atoms with Gasteiger partial charge in [0.2, 0.25) is 0 Å². The topological polar surface area (TPSA) is 18.5 Å². The largest absolute Gasteiger partial charge is 0.393 e. The molecule has 1 atom stereocenters. The normalized spacial score (nSPS) is 20.8. The van der Waals surface area contributed by atoms with Crippen molar-refractivity contribution in [2.24, 2.45) is 5.92 Å². The van der Waals surface area contributed by atoms with Crippen molar-refractivity contribution in [1.82, 2.24) is 0 Å². The molecule has 0 aromatic carbocycles. The predicted octanol–water partition coefficient (Wildman–Crippen LogP) is 3.52. The molecule has 1 aliphatic rings. The zero-order chi connectivity index (χ0) is 11.1. The lowest BCUT2D eigenvalue weighted by Gasteiger charge is -2.30. The van der Waals surface area contributed by atoms with Crippen molar-refractivity contribution in [3.05, 3.63) is 0 Å². The van der Waals surface area contributed by atoms with E-state index in [4.69, 9.17) is 8.85 Å². The second-order valence-electron chi connectivity index (χ2n) is 4.37. The van der Waals surface area contributed by atoms with E-state index in [-0.39, 0.29) is 0 Å². The first kappa shape index (κ1) is 13.2. The van der Waals surface area contributed by atoms with Gasteiger partial charge in [0.1, 0.15) is 0 Å². The fraction of sp³-hybridized carbons (Fsp3) is 1.00. The third-order valence-corrected chi connectivity index (χ3v) is 5.66. The molecule has 1 unspecified atom stereocenters. The average Bonchev–Trinajstić information content (AvgIpc) is 2.29. The highest BCUT2D eigenvalue weighted by atomic mass is 28.3. The highest BCUT2D eigenvalue weighted by Crippen LogP contribution is 2.35. The lowest BCUT2D eigenvalue weighted by atomic mass is 9.87. The van der Waals surface area contributed by atoms with Gasteiger partial charge in [-0.15, -0.1) is 0 Å². The van der Waals surface area contributed by atoms with Crippen molar-refractivity contribution >= 4 is 9.28 Å².